The number of hydrogen-bond donors (Lipinski definition) is 1. The Balaban J connectivity index is 2.19. The summed E-state index contributed by atoms with van der Waals surface area (Å²) in [5, 5.41) is 14.7. The number of phenolic OH excluding ortho intramolecular Hbond substituents is 1. The molecule has 0 fully saturated rings. The van der Waals surface area contributed by atoms with Crippen molar-refractivity contribution in [2.24, 2.45) is 7.05 Å². The van der Waals surface area contributed by atoms with Gasteiger partial charge in [-0.3, -0.25) is 4.68 Å². The number of ether oxygens (including phenoxy) is 2. The number of aromatic hydroxyl groups is 1. The van der Waals surface area contributed by atoms with Crippen molar-refractivity contribution in [3.63, 3.8) is 0 Å². The Morgan fingerprint density at radius 3 is 2.73 bits per heavy atom. The third-order valence-electron chi connectivity index (χ3n) is 2.99. The summed E-state index contributed by atoms with van der Waals surface area (Å²) in [4.78, 5) is 12.2. The van der Waals surface area contributed by atoms with Gasteiger partial charge in [0.15, 0.2) is 11.5 Å². The van der Waals surface area contributed by atoms with Gasteiger partial charge in [0, 0.05) is 7.05 Å². The van der Waals surface area contributed by atoms with E-state index in [1.807, 2.05) is 22.6 Å². The fraction of sp³-hybridized carbons (Fsp3) is 0.286. The topological polar surface area (TPSA) is 73.6 Å². The van der Waals surface area contributed by atoms with Crippen LogP contribution in [0.2, 0.25) is 5.15 Å². The average molecular weight is 437 g/mol. The second kappa shape index (κ2) is 6.74. The summed E-state index contributed by atoms with van der Waals surface area (Å²) in [7, 11) is 3.12. The molecule has 0 radical (unpaired) electrons. The van der Waals surface area contributed by atoms with E-state index >= 15 is 0 Å². The number of methoxy groups -OCH3 is 1. The van der Waals surface area contributed by atoms with Gasteiger partial charge < -0.3 is 14.6 Å². The van der Waals surface area contributed by atoms with Crippen molar-refractivity contribution in [3.05, 3.63) is 37.7 Å². The maximum atomic E-state index is 12.2. The van der Waals surface area contributed by atoms with Gasteiger partial charge in [-0.2, -0.15) is 5.10 Å². The van der Waals surface area contributed by atoms with Crippen molar-refractivity contribution in [1.29, 1.82) is 0 Å². The van der Waals surface area contributed by atoms with Crippen LogP contribution >= 0.6 is 34.2 Å². The van der Waals surface area contributed by atoms with E-state index in [0.29, 0.717) is 10.8 Å². The van der Waals surface area contributed by atoms with Crippen LogP contribution in [-0.2, 0) is 18.4 Å². The van der Waals surface area contributed by atoms with Crippen LogP contribution in [0, 0.1) is 10.5 Å². The van der Waals surface area contributed by atoms with Crippen LogP contribution in [0.1, 0.15) is 21.6 Å². The standard InChI is InChI=1S/C14H14ClIN2O4/c1-7-4-8(12(19)10(5-7)21-3)14(20)22-6-9-11(16)13(15)18(2)17-9/h4-5,19H,6H2,1-3H3. The number of hydrogen-bond acceptors (Lipinski definition) is 5. The summed E-state index contributed by atoms with van der Waals surface area (Å²) >= 11 is 8.05. The van der Waals surface area contributed by atoms with Crippen LogP contribution in [0.25, 0.3) is 0 Å². The molecule has 1 aromatic heterocycles. The van der Waals surface area contributed by atoms with Gasteiger partial charge in [0.1, 0.15) is 23.0 Å². The molecule has 0 aliphatic carbocycles. The Morgan fingerprint density at radius 2 is 2.18 bits per heavy atom. The normalized spacial score (nSPS) is 10.6. The van der Waals surface area contributed by atoms with Gasteiger partial charge >= 0.3 is 5.97 Å². The highest BCUT2D eigenvalue weighted by atomic mass is 127. The van der Waals surface area contributed by atoms with E-state index < -0.39 is 5.97 Å². The highest BCUT2D eigenvalue weighted by Crippen LogP contribution is 2.32. The van der Waals surface area contributed by atoms with E-state index in [1.165, 1.54) is 17.9 Å². The van der Waals surface area contributed by atoms with Gasteiger partial charge in [0.2, 0.25) is 0 Å². The third kappa shape index (κ3) is 3.30. The zero-order chi connectivity index (χ0) is 16.4. The number of carbonyl (C=O) groups is 1. The fourth-order valence-corrected chi connectivity index (χ4v) is 2.65. The Bertz CT molecular complexity index is 730. The molecule has 0 saturated heterocycles. The Morgan fingerprint density at radius 1 is 1.50 bits per heavy atom. The van der Waals surface area contributed by atoms with Gasteiger partial charge in [-0.15, -0.1) is 0 Å². The average Bonchev–Trinajstić information content (AvgIpc) is 2.74. The number of benzene rings is 1. The minimum atomic E-state index is -0.655. The summed E-state index contributed by atoms with van der Waals surface area (Å²) < 4.78 is 12.5. The highest BCUT2D eigenvalue weighted by Gasteiger charge is 2.19. The van der Waals surface area contributed by atoms with Crippen LogP contribution in [-0.4, -0.2) is 28.0 Å². The maximum absolute atomic E-state index is 12.2. The summed E-state index contributed by atoms with van der Waals surface area (Å²) in [6.07, 6.45) is 0. The second-order valence-corrected chi connectivity index (χ2v) is 6.05. The molecule has 2 rings (SSSR count). The molecule has 0 aliphatic rings. The molecule has 0 amide bonds. The van der Waals surface area contributed by atoms with E-state index in [9.17, 15) is 9.90 Å². The van der Waals surface area contributed by atoms with E-state index in [-0.39, 0.29) is 23.7 Å². The molecule has 0 bridgehead atoms. The number of nitrogens with zero attached hydrogens (tertiary/aromatic N) is 2. The molecule has 118 valence electrons. The number of phenols is 1. The first-order valence-electron chi connectivity index (χ1n) is 6.26. The molecule has 0 spiro atoms. The fourth-order valence-electron chi connectivity index (χ4n) is 1.89. The Kier molecular flexibility index (Phi) is 5.17. The smallest absolute Gasteiger partial charge is 0.342 e. The summed E-state index contributed by atoms with van der Waals surface area (Å²) in [5.74, 6) is -0.675. The SMILES string of the molecule is COc1cc(C)cc(C(=O)OCc2nn(C)c(Cl)c2I)c1O. The maximum Gasteiger partial charge on any atom is 0.342 e. The minimum absolute atomic E-state index is 0.0344. The van der Waals surface area contributed by atoms with Gasteiger partial charge in [0.05, 0.1) is 10.7 Å². The lowest BCUT2D eigenvalue weighted by Gasteiger charge is -2.10. The van der Waals surface area contributed by atoms with Gasteiger partial charge in [0.25, 0.3) is 0 Å². The molecule has 0 unspecified atom stereocenters. The summed E-state index contributed by atoms with van der Waals surface area (Å²) in [5.41, 5.74) is 1.38. The summed E-state index contributed by atoms with van der Waals surface area (Å²) in [6.45, 7) is 1.76. The third-order valence-corrected chi connectivity index (χ3v) is 4.87. The number of rotatable bonds is 4. The molecule has 0 atom stereocenters. The first-order valence-corrected chi connectivity index (χ1v) is 7.72. The largest absolute Gasteiger partial charge is 0.504 e. The Hall–Kier alpha value is -1.48. The van der Waals surface area contributed by atoms with E-state index in [2.05, 4.69) is 5.10 Å². The lowest BCUT2D eigenvalue weighted by Crippen LogP contribution is -2.07. The van der Waals surface area contributed by atoms with Crippen LogP contribution in [0.3, 0.4) is 0 Å². The molecule has 1 aromatic carbocycles. The molecule has 6 nitrogen and oxygen atoms in total. The lowest BCUT2D eigenvalue weighted by molar-refractivity contribution is 0.0462. The molecule has 0 saturated carbocycles. The first-order chi connectivity index (χ1) is 10.3. The highest BCUT2D eigenvalue weighted by molar-refractivity contribution is 14.1. The number of halogens is 2. The van der Waals surface area contributed by atoms with E-state index in [4.69, 9.17) is 21.1 Å². The first kappa shape index (κ1) is 16.9. The zero-order valence-electron chi connectivity index (χ0n) is 12.2. The zero-order valence-corrected chi connectivity index (χ0v) is 15.1. The van der Waals surface area contributed by atoms with E-state index in [0.717, 1.165) is 9.13 Å². The van der Waals surface area contributed by atoms with Crippen molar-refractivity contribution in [2.75, 3.05) is 7.11 Å². The molecule has 1 heterocycles. The van der Waals surface area contributed by atoms with Crippen molar-refractivity contribution >= 4 is 40.2 Å². The number of aromatic nitrogens is 2. The molecular formula is C14H14ClIN2O4. The Labute approximate surface area is 146 Å². The molecule has 2 aromatic rings. The number of esters is 1. The summed E-state index contributed by atoms with van der Waals surface area (Å²) in [6, 6.07) is 3.17. The lowest BCUT2D eigenvalue weighted by atomic mass is 10.1. The molecule has 0 aliphatic heterocycles. The van der Waals surface area contributed by atoms with Gasteiger partial charge in [-0.25, -0.2) is 4.79 Å². The van der Waals surface area contributed by atoms with Crippen molar-refractivity contribution in [3.8, 4) is 11.5 Å². The molecule has 22 heavy (non-hydrogen) atoms. The molecule has 1 N–H and O–H groups in total. The predicted molar refractivity (Wildman–Crippen MR) is 89.5 cm³/mol. The van der Waals surface area contributed by atoms with Gasteiger partial charge in [-0.05, 0) is 47.2 Å². The van der Waals surface area contributed by atoms with E-state index in [1.54, 1.807) is 20.0 Å². The quantitative estimate of drug-likeness (QED) is 0.589. The van der Waals surface area contributed by atoms with Crippen molar-refractivity contribution < 1.29 is 19.4 Å². The van der Waals surface area contributed by atoms with Crippen molar-refractivity contribution in [1.82, 2.24) is 9.78 Å². The molecule has 8 heteroatoms. The number of carbonyl (C=O) groups excluding carboxylic acids is 1. The monoisotopic (exact) mass is 436 g/mol. The van der Waals surface area contributed by atoms with Crippen LogP contribution in [0.4, 0.5) is 0 Å². The van der Waals surface area contributed by atoms with Crippen LogP contribution in [0.5, 0.6) is 11.5 Å². The van der Waals surface area contributed by atoms with Crippen molar-refractivity contribution in [2.45, 2.75) is 13.5 Å². The minimum Gasteiger partial charge on any atom is -0.504 e. The van der Waals surface area contributed by atoms with Gasteiger partial charge in [-0.1, -0.05) is 11.6 Å². The number of aryl methyl sites for hydroxylation is 2. The predicted octanol–water partition coefficient (Wildman–Crippen LogP) is 3.06. The molecular weight excluding hydrogens is 423 g/mol. The van der Waals surface area contributed by atoms with Crippen LogP contribution in [0.15, 0.2) is 12.1 Å². The van der Waals surface area contributed by atoms with Crippen LogP contribution < -0.4 is 4.74 Å². The second-order valence-electron chi connectivity index (χ2n) is 4.61.